The van der Waals surface area contributed by atoms with E-state index in [0.717, 1.165) is 78.9 Å². The van der Waals surface area contributed by atoms with Crippen LogP contribution in [0, 0.1) is 58.2 Å². The number of hydrogen-bond acceptors (Lipinski definition) is 4. The summed E-state index contributed by atoms with van der Waals surface area (Å²) in [6.07, 6.45) is 15.5. The number of nitrogens with one attached hydrogen (secondary N) is 2. The zero-order chi connectivity index (χ0) is 23.0. The van der Waals surface area contributed by atoms with Crippen LogP contribution in [-0.4, -0.2) is 29.3 Å². The molecule has 0 radical (unpaired) electrons. The Bertz CT molecular complexity index is 862. The minimum Gasteiger partial charge on any atom is -0.390 e. The predicted octanol–water partition coefficient (Wildman–Crippen LogP) is 5.50. The molecule has 6 rings (SSSR count). The van der Waals surface area contributed by atoms with Gasteiger partial charge in [0, 0.05) is 17.8 Å². The summed E-state index contributed by atoms with van der Waals surface area (Å²) in [5, 5.41) is 21.9. The molecule has 0 bridgehead atoms. The van der Waals surface area contributed by atoms with E-state index in [2.05, 4.69) is 19.2 Å². The van der Waals surface area contributed by atoms with Gasteiger partial charge in [-0.3, -0.25) is 4.79 Å². The highest BCUT2D eigenvalue weighted by atomic mass is 16.3. The first-order chi connectivity index (χ1) is 15.8. The number of rotatable bonds is 5. The van der Waals surface area contributed by atoms with Gasteiger partial charge < -0.3 is 15.8 Å². The Hall–Kier alpha value is -1.16. The lowest BCUT2D eigenvalue weighted by Gasteiger charge is -2.57. The first-order valence-electron chi connectivity index (χ1n) is 14.0. The molecule has 6 aliphatic rings. The summed E-state index contributed by atoms with van der Waals surface area (Å²) in [6, 6.07) is 0. The van der Waals surface area contributed by atoms with Crippen LogP contribution in [0.2, 0.25) is 0 Å². The number of fused-ring (bicyclic) bond motifs is 7. The molecule has 0 amide bonds. The highest BCUT2D eigenvalue weighted by molar-refractivity contribution is 5.86. The van der Waals surface area contributed by atoms with Crippen molar-refractivity contribution >= 4 is 12.0 Å². The number of carbonyl (C=O) groups is 1. The van der Waals surface area contributed by atoms with Crippen molar-refractivity contribution in [2.45, 2.75) is 96.5 Å². The van der Waals surface area contributed by atoms with E-state index < -0.39 is 5.60 Å². The van der Waals surface area contributed by atoms with Gasteiger partial charge in [0.05, 0.1) is 12.1 Å². The van der Waals surface area contributed by atoms with E-state index in [0.29, 0.717) is 18.2 Å². The average molecular weight is 453 g/mol. The lowest BCUT2D eigenvalue weighted by Crippen LogP contribution is -2.52. The van der Waals surface area contributed by atoms with Crippen LogP contribution in [0.3, 0.4) is 0 Å². The maximum atomic E-state index is 13.7. The minimum atomic E-state index is -0.442. The molecule has 0 aromatic heterocycles. The SMILES string of the molecule is C[C@@]1(O)CC[C@H]2[C@H](CC[C@@H]3[C@@H]2CC[C@@]2(C)[C@H]3[C@@H]3C[C@@H]3[C@@H]2C(=O)CNC2=C(C=N)CCCC2)C1. The molecule has 0 saturated heterocycles. The highest BCUT2D eigenvalue weighted by Gasteiger charge is 2.70. The van der Waals surface area contributed by atoms with Gasteiger partial charge in [-0.2, -0.15) is 0 Å². The molecule has 0 spiro atoms. The van der Waals surface area contributed by atoms with Crippen molar-refractivity contribution in [3.63, 3.8) is 0 Å². The van der Waals surface area contributed by atoms with Crippen LogP contribution in [0.5, 0.6) is 0 Å². The summed E-state index contributed by atoms with van der Waals surface area (Å²) in [6.45, 7) is 5.01. The van der Waals surface area contributed by atoms with Crippen LogP contribution in [0.1, 0.15) is 90.9 Å². The molecule has 0 heterocycles. The van der Waals surface area contributed by atoms with Crippen molar-refractivity contribution in [3.8, 4) is 0 Å². The molecule has 33 heavy (non-hydrogen) atoms. The summed E-state index contributed by atoms with van der Waals surface area (Å²) in [4.78, 5) is 13.7. The monoisotopic (exact) mass is 452 g/mol. The molecule has 0 unspecified atom stereocenters. The van der Waals surface area contributed by atoms with Crippen LogP contribution in [0.4, 0.5) is 0 Å². The fraction of sp³-hybridized carbons (Fsp3) is 0.862. The average Bonchev–Trinajstić information content (AvgIpc) is 3.50. The maximum Gasteiger partial charge on any atom is 0.155 e. The van der Waals surface area contributed by atoms with Gasteiger partial charge in [-0.15, -0.1) is 0 Å². The number of hydrogen-bond donors (Lipinski definition) is 3. The molecule has 10 atom stereocenters. The zero-order valence-corrected chi connectivity index (χ0v) is 20.7. The van der Waals surface area contributed by atoms with Crippen molar-refractivity contribution in [1.82, 2.24) is 5.32 Å². The van der Waals surface area contributed by atoms with Crippen molar-refractivity contribution in [3.05, 3.63) is 11.3 Å². The molecule has 5 fully saturated rings. The second-order valence-electron chi connectivity index (χ2n) is 13.4. The first-order valence-corrected chi connectivity index (χ1v) is 14.0. The van der Waals surface area contributed by atoms with Crippen LogP contribution in [0.25, 0.3) is 0 Å². The Kier molecular flexibility index (Phi) is 5.36. The van der Waals surface area contributed by atoms with Crippen molar-refractivity contribution in [2.24, 2.45) is 52.8 Å². The summed E-state index contributed by atoms with van der Waals surface area (Å²) in [7, 11) is 0. The summed E-state index contributed by atoms with van der Waals surface area (Å²) in [5.74, 6) is 6.10. The molecule has 0 aliphatic heterocycles. The van der Waals surface area contributed by atoms with Crippen LogP contribution >= 0.6 is 0 Å². The van der Waals surface area contributed by atoms with E-state index >= 15 is 0 Å². The standard InChI is InChI=1S/C29H44N2O2/c1-28(33)11-9-19-17(14-28)7-8-21-20(19)10-12-29(2)26(21)22-13-23(22)27(29)25(32)16-31-24-6-4-3-5-18(24)15-30/h15,17,19-23,26-27,30-31,33H,3-14,16H2,1-2H3/t17-,19+,20-,21-,22-,23+,26-,27-,28-,29+/m1/s1. The van der Waals surface area contributed by atoms with Crippen molar-refractivity contribution in [1.29, 1.82) is 5.41 Å². The van der Waals surface area contributed by atoms with E-state index in [1.54, 1.807) is 0 Å². The number of aliphatic hydroxyl groups is 1. The third-order valence-corrected chi connectivity index (χ3v) is 11.5. The minimum absolute atomic E-state index is 0.200. The summed E-state index contributed by atoms with van der Waals surface area (Å²) in [5.41, 5.74) is 2.03. The van der Waals surface area contributed by atoms with Crippen molar-refractivity contribution in [2.75, 3.05) is 6.54 Å². The third kappa shape index (κ3) is 3.56. The Balaban J connectivity index is 1.17. The van der Waals surface area contributed by atoms with Gasteiger partial charge in [0.25, 0.3) is 0 Å². The fourth-order valence-electron chi connectivity index (χ4n) is 10.2. The maximum absolute atomic E-state index is 13.7. The Morgan fingerprint density at radius 1 is 1.03 bits per heavy atom. The lowest BCUT2D eigenvalue weighted by atomic mass is 9.48. The molecule has 182 valence electrons. The molecule has 3 N–H and O–H groups in total. The molecule has 4 nitrogen and oxygen atoms in total. The summed E-state index contributed by atoms with van der Waals surface area (Å²) >= 11 is 0. The second-order valence-corrected chi connectivity index (χ2v) is 13.4. The van der Waals surface area contributed by atoms with E-state index in [9.17, 15) is 9.90 Å². The molecular formula is C29H44N2O2. The fourth-order valence-corrected chi connectivity index (χ4v) is 10.2. The van der Waals surface area contributed by atoms with E-state index in [1.807, 2.05) is 0 Å². The largest absolute Gasteiger partial charge is 0.390 e. The van der Waals surface area contributed by atoms with E-state index in [4.69, 9.17) is 5.41 Å². The molecule has 0 aromatic carbocycles. The Morgan fingerprint density at radius 2 is 1.82 bits per heavy atom. The lowest BCUT2D eigenvalue weighted by molar-refractivity contribution is -0.135. The smallest absolute Gasteiger partial charge is 0.155 e. The quantitative estimate of drug-likeness (QED) is 0.482. The Labute approximate surface area is 199 Å². The van der Waals surface area contributed by atoms with Gasteiger partial charge in [0.1, 0.15) is 0 Å². The summed E-state index contributed by atoms with van der Waals surface area (Å²) < 4.78 is 0. The van der Waals surface area contributed by atoms with Crippen molar-refractivity contribution < 1.29 is 9.90 Å². The van der Waals surface area contributed by atoms with Gasteiger partial charge in [-0.1, -0.05) is 6.92 Å². The molecule has 6 aliphatic carbocycles. The van der Waals surface area contributed by atoms with E-state index in [1.165, 1.54) is 51.2 Å². The predicted molar refractivity (Wildman–Crippen MR) is 131 cm³/mol. The topological polar surface area (TPSA) is 73.2 Å². The van der Waals surface area contributed by atoms with Gasteiger partial charge in [-0.25, -0.2) is 0 Å². The second kappa shape index (κ2) is 7.93. The van der Waals surface area contributed by atoms with E-state index in [-0.39, 0.29) is 11.3 Å². The van der Waals surface area contributed by atoms with Gasteiger partial charge in [-0.05, 0) is 136 Å². The molecule has 0 aromatic rings. The number of allylic oxidation sites excluding steroid dienone is 2. The van der Waals surface area contributed by atoms with Gasteiger partial charge in [0.2, 0.25) is 0 Å². The van der Waals surface area contributed by atoms with Gasteiger partial charge in [0.15, 0.2) is 5.78 Å². The number of ketones is 1. The number of carbonyl (C=O) groups excluding carboxylic acids is 1. The highest BCUT2D eigenvalue weighted by Crippen LogP contribution is 2.74. The zero-order valence-electron chi connectivity index (χ0n) is 20.7. The normalized spacial score (nSPS) is 50.5. The first kappa shape index (κ1) is 22.3. The molecular weight excluding hydrogens is 408 g/mol. The Morgan fingerprint density at radius 3 is 2.64 bits per heavy atom. The third-order valence-electron chi connectivity index (χ3n) is 11.5. The van der Waals surface area contributed by atoms with Crippen LogP contribution < -0.4 is 5.32 Å². The van der Waals surface area contributed by atoms with Crippen LogP contribution in [-0.2, 0) is 4.79 Å². The molecule has 5 saturated carbocycles. The van der Waals surface area contributed by atoms with Gasteiger partial charge >= 0.3 is 0 Å². The van der Waals surface area contributed by atoms with Crippen LogP contribution in [0.15, 0.2) is 11.3 Å². The number of Topliss-reactive ketones (excluding diaryl/α,β-unsaturated/α-hetero) is 1. The molecule has 4 heteroatoms.